The van der Waals surface area contributed by atoms with E-state index in [2.05, 4.69) is 125 Å². The predicted molar refractivity (Wildman–Crippen MR) is 522 cm³/mol. The van der Waals surface area contributed by atoms with Gasteiger partial charge < -0.3 is 58.5 Å². The van der Waals surface area contributed by atoms with Crippen molar-refractivity contribution in [2.24, 2.45) is 20.0 Å². The van der Waals surface area contributed by atoms with Crippen LogP contribution in [0, 0.1) is 0 Å². The van der Waals surface area contributed by atoms with Crippen LogP contribution >= 0.6 is 0 Å². The van der Waals surface area contributed by atoms with Crippen LogP contribution in [0.2, 0.25) is 0 Å². The number of nitrogens with one attached hydrogen (secondary N) is 11. The number of aromatic nitrogens is 4. The molecule has 8 heterocycles. The number of Topliss-reactive ketones (excluding diaryl/α,β-unsaturated/α-hetero) is 1. The van der Waals surface area contributed by atoms with E-state index in [-0.39, 0.29) is 112 Å². The molecule has 2 bridgehead atoms. The quantitative estimate of drug-likeness (QED) is 0.0153. The first-order valence-corrected chi connectivity index (χ1v) is 44.1. The molecule has 18 rings (SSSR count). The Kier molecular flexibility index (Phi) is 31.2. The minimum Gasteiger partial charge on any atom is -0.350 e. The number of hydrogen-bond acceptors (Lipinski definition) is 20. The van der Waals surface area contributed by atoms with Crippen molar-refractivity contribution in [3.63, 3.8) is 0 Å². The maximum atomic E-state index is 12.7. The zero-order valence-corrected chi connectivity index (χ0v) is 73.8. The highest BCUT2D eigenvalue weighted by Crippen LogP contribution is 2.60. The zero-order valence-electron chi connectivity index (χ0n) is 73.8. The third-order valence-electron chi connectivity index (χ3n) is 23.3. The fraction of sp³-hybridized carbons (Fsp3) is 0.212. The van der Waals surface area contributed by atoms with Crippen LogP contribution in [0.25, 0.3) is 22.3 Å². The van der Waals surface area contributed by atoms with Crippen LogP contribution in [-0.2, 0) is 25.6 Å². The van der Waals surface area contributed by atoms with Crippen molar-refractivity contribution in [3.8, 4) is 0 Å². The molecule has 9 aromatic rings. The fourth-order valence-corrected chi connectivity index (χ4v) is 16.4. The highest BCUT2D eigenvalue weighted by molar-refractivity contribution is 6.12. The molecule has 5 aromatic carbocycles. The first-order valence-electron chi connectivity index (χ1n) is 44.1. The summed E-state index contributed by atoms with van der Waals surface area (Å²) in [4.78, 5) is 182. The van der Waals surface area contributed by atoms with Crippen LogP contribution in [0.15, 0.2) is 289 Å². The Hall–Kier alpha value is -16.9. The number of carbonyl (C=O) groups is 12. The molecule has 0 radical (unpaired) electrons. The summed E-state index contributed by atoms with van der Waals surface area (Å²) in [7, 11) is 0. The Morgan fingerprint density at radius 1 is 0.341 bits per heavy atom. The molecule has 31 heteroatoms. The van der Waals surface area contributed by atoms with Crippen molar-refractivity contribution >= 4 is 146 Å². The Morgan fingerprint density at radius 3 is 1.13 bits per heavy atom. The van der Waals surface area contributed by atoms with Gasteiger partial charge in [0.1, 0.15) is 22.8 Å². The zero-order chi connectivity index (χ0) is 94.8. The number of benzene rings is 5. The summed E-state index contributed by atoms with van der Waals surface area (Å²) in [5.41, 5.74) is 13.2. The normalized spacial score (nSPS) is 18.5. The highest BCUT2D eigenvalue weighted by atomic mass is 16.2. The summed E-state index contributed by atoms with van der Waals surface area (Å²) in [5.74, 6) is -2.76. The minimum absolute atomic E-state index is 0.00511. The van der Waals surface area contributed by atoms with Crippen molar-refractivity contribution in [1.29, 1.82) is 0 Å². The topological polar surface area (TPSA) is 438 Å². The lowest BCUT2D eigenvalue weighted by Crippen LogP contribution is -2.83. The summed E-state index contributed by atoms with van der Waals surface area (Å²) in [6.45, 7) is 16.1. The molecule has 2 atom stereocenters. The number of ketones is 1. The smallest absolute Gasteiger partial charge is 0.274 e. The average molecular weight is 1810 g/mol. The van der Waals surface area contributed by atoms with E-state index >= 15 is 0 Å². The van der Waals surface area contributed by atoms with Gasteiger partial charge in [-0.25, -0.2) is 19.9 Å². The molecule has 11 N–H and O–H groups in total. The van der Waals surface area contributed by atoms with Crippen LogP contribution in [0.3, 0.4) is 0 Å². The number of allylic oxidation sites excluding steroid dienone is 4. The molecule has 0 unspecified atom stereocenters. The number of pyridine rings is 4. The number of anilines is 5. The highest BCUT2D eigenvalue weighted by Gasteiger charge is 2.69. The molecule has 11 amide bonds. The second-order valence-corrected chi connectivity index (χ2v) is 33.2. The van der Waals surface area contributed by atoms with Crippen molar-refractivity contribution in [2.75, 3.05) is 52.8 Å². The van der Waals surface area contributed by atoms with Crippen molar-refractivity contribution in [3.05, 3.63) is 342 Å². The summed E-state index contributed by atoms with van der Waals surface area (Å²) < 4.78 is 0. The number of nitrogens with zero attached hydrogens (tertiary/aromatic N) is 8. The van der Waals surface area contributed by atoms with Gasteiger partial charge in [-0.05, 0) is 264 Å². The van der Waals surface area contributed by atoms with Gasteiger partial charge >= 0.3 is 0 Å². The molecular weight excluding hydrogens is 1710 g/mol. The first-order chi connectivity index (χ1) is 65.4. The van der Waals surface area contributed by atoms with Gasteiger partial charge in [-0.15, -0.1) is 0 Å². The van der Waals surface area contributed by atoms with Gasteiger partial charge in [-0.1, -0.05) is 80.9 Å². The second-order valence-electron chi connectivity index (χ2n) is 33.2. The first kappa shape index (κ1) is 94.3. The molecule has 4 aliphatic heterocycles. The van der Waals surface area contributed by atoms with Crippen molar-refractivity contribution < 1.29 is 57.5 Å². The largest absolute Gasteiger partial charge is 0.350 e. The SMILES string of the molecule is C=CC(=O)NC12CC(NC(=O)c3ccc(NC(=O)c4cccc(C5=CC=NC5)n4)cc3)(C1)C2.C=CC(=O)NC1CCC(NC(=O)c2ccc(NC(=O)c3cccc(C4=CC=NC4)n3)cc2)CC1.C=CC(=O)N[C@H]1CCC[C@@H](NC(=O)c2ccc(NC(=O)c3cccc(C4=CC=NC4)n3)cc2)C1.C=CC(=O)Nc1cccc(C(=O)Cc2ccc(NC(=O)c3cccc(C4=CCN=C4)n3)cc2)c1. The number of carbonyl (C=O) groups excluding carboxylic acids is 12. The van der Waals surface area contributed by atoms with Gasteiger partial charge in [0.2, 0.25) is 23.6 Å². The van der Waals surface area contributed by atoms with E-state index in [1.807, 2.05) is 48.6 Å². The van der Waals surface area contributed by atoms with Gasteiger partial charge in [0, 0.05) is 140 Å². The van der Waals surface area contributed by atoms with Gasteiger partial charge in [0.25, 0.3) is 41.4 Å². The lowest BCUT2D eigenvalue weighted by molar-refractivity contribution is -0.135. The van der Waals surface area contributed by atoms with Gasteiger partial charge in [0.15, 0.2) is 5.78 Å². The molecule has 0 saturated heterocycles. The summed E-state index contributed by atoms with van der Waals surface area (Å²) in [6, 6.07) is 55.5. The molecule has 682 valence electrons. The maximum absolute atomic E-state index is 12.7. The molecule has 0 spiro atoms. The minimum atomic E-state index is -0.339. The van der Waals surface area contributed by atoms with E-state index in [1.165, 1.54) is 24.3 Å². The number of amides is 11. The third kappa shape index (κ3) is 25.8. The molecule has 135 heavy (non-hydrogen) atoms. The van der Waals surface area contributed by atoms with Crippen LogP contribution in [0.4, 0.5) is 28.4 Å². The van der Waals surface area contributed by atoms with Crippen molar-refractivity contribution in [1.82, 2.24) is 51.8 Å². The fourth-order valence-electron chi connectivity index (χ4n) is 16.4. The summed E-state index contributed by atoms with van der Waals surface area (Å²) in [5, 5.41) is 31.9. The lowest BCUT2D eigenvalue weighted by atomic mass is 9.44. The van der Waals surface area contributed by atoms with Gasteiger partial charge in [-0.2, -0.15) is 0 Å². The van der Waals surface area contributed by atoms with Crippen LogP contribution in [0.5, 0.6) is 0 Å². The second kappa shape index (κ2) is 44.6. The number of rotatable bonds is 29. The molecule has 4 aromatic heterocycles. The Morgan fingerprint density at radius 2 is 0.719 bits per heavy atom. The van der Waals surface area contributed by atoms with E-state index < -0.39 is 0 Å². The lowest BCUT2D eigenvalue weighted by Gasteiger charge is -2.70. The molecule has 5 aliphatic carbocycles. The van der Waals surface area contributed by atoms with Gasteiger partial charge in [0.05, 0.1) is 49.0 Å². The average Bonchev–Trinajstić information content (AvgIpc) is 1.65. The summed E-state index contributed by atoms with van der Waals surface area (Å²) in [6.07, 6.45) is 28.5. The van der Waals surface area contributed by atoms with Crippen LogP contribution in [0.1, 0.15) is 182 Å². The van der Waals surface area contributed by atoms with E-state index in [4.69, 9.17) is 0 Å². The summed E-state index contributed by atoms with van der Waals surface area (Å²) >= 11 is 0. The Labute approximate surface area is 778 Å². The Bertz CT molecular complexity index is 6360. The van der Waals surface area contributed by atoms with Crippen molar-refractivity contribution in [2.45, 2.75) is 112 Å². The molecule has 5 fully saturated rings. The van der Waals surface area contributed by atoms with E-state index in [0.29, 0.717) is 112 Å². The maximum Gasteiger partial charge on any atom is 0.274 e. The third-order valence-corrected chi connectivity index (χ3v) is 23.3. The predicted octanol–water partition coefficient (Wildman–Crippen LogP) is 13.2. The van der Waals surface area contributed by atoms with E-state index in [9.17, 15) is 57.5 Å². The Balaban J connectivity index is 0.000000144. The molecule has 31 nitrogen and oxygen atoms in total. The number of hydrogen-bond donors (Lipinski definition) is 11. The molecular formula is C104H99N19O12. The van der Waals surface area contributed by atoms with E-state index in [0.717, 1.165) is 109 Å². The number of aliphatic imine (C=N–C) groups is 4. The van der Waals surface area contributed by atoms with E-state index in [1.54, 1.807) is 195 Å². The standard InChI is InChI=1S/C27H22N4O3.2C26H27N5O3.C25H23N5O3/c1-2-26(33)29-22-6-3-5-19(16-22)25(32)15-18-9-11-21(12-10-18)30-27(34)24-8-4-7-23(31-24)20-13-14-28-17-20;1-2-24(32)28-20-5-3-6-21(15-20)30-25(33)17-9-11-19(12-10-17)29-26(34)23-8-4-7-22(31-23)18-13-14-27-16-18;1-2-24(32)28-19-10-12-21(13-11-19)29-25(33)17-6-8-20(9-7-17)30-26(34)23-5-3-4-22(31-23)18-14-15-27-16-18;1-2-21(31)29-24-13-25(14-24,15-24)30-22(32)16-6-8-18(9-7-16)27-23(33)20-5-3-4-19(28-20)17-10-11-26-12-17/h2-13,16-17H,1,14-15H2,(H,29,33)(H,30,34);2,4,7-14,20-21H,1,3,5-6,15-16H2,(H,28,32)(H,29,34)(H,30,33);2-9,14-15,19,21H,1,10-13,16H2,(H,28,32)(H,29,33)(H,30,34);2-11H,1,12-15H2,(H,27,33)(H,29,31)(H,30,32)/t;20-,21+;;/m.0../s1. The molecule has 9 aliphatic rings. The molecule has 5 saturated carbocycles. The van der Waals surface area contributed by atoms with Gasteiger partial charge in [-0.3, -0.25) is 77.5 Å². The monoisotopic (exact) mass is 1810 g/mol. The van der Waals surface area contributed by atoms with Crippen LogP contribution in [-0.4, -0.2) is 177 Å². The van der Waals surface area contributed by atoms with Crippen LogP contribution < -0.4 is 58.5 Å².